The smallest absolute Gasteiger partial charge is 0.169 e. The van der Waals surface area contributed by atoms with Gasteiger partial charge in [0.2, 0.25) is 0 Å². The first kappa shape index (κ1) is 16.3. The van der Waals surface area contributed by atoms with Crippen LogP contribution < -0.4 is 10.1 Å². The third kappa shape index (κ3) is 4.21. The minimum absolute atomic E-state index is 0.233. The van der Waals surface area contributed by atoms with Crippen LogP contribution in [0.25, 0.3) is 0 Å². The lowest BCUT2D eigenvalue weighted by atomic mass is 10.1. The van der Waals surface area contributed by atoms with Crippen LogP contribution in [0.1, 0.15) is 24.1 Å². The topological polar surface area (TPSA) is 24.5 Å². The third-order valence-electron chi connectivity index (χ3n) is 3.79. The Morgan fingerprint density at radius 2 is 1.77 bits per heavy atom. The summed E-state index contributed by atoms with van der Waals surface area (Å²) in [5.74, 6) is 0.862. The van der Waals surface area contributed by atoms with E-state index in [1.54, 1.807) is 7.11 Å². The lowest BCUT2D eigenvalue weighted by Gasteiger charge is -2.28. The van der Waals surface area contributed by atoms with Crippen molar-refractivity contribution in [2.75, 3.05) is 14.2 Å². The van der Waals surface area contributed by atoms with E-state index in [4.69, 9.17) is 17.0 Å². The minimum atomic E-state index is 0.233. The Labute approximate surface area is 137 Å². The molecule has 0 aliphatic heterocycles. The van der Waals surface area contributed by atoms with Crippen molar-refractivity contribution in [1.29, 1.82) is 0 Å². The van der Waals surface area contributed by atoms with Crippen molar-refractivity contribution in [3.8, 4) is 5.75 Å². The van der Waals surface area contributed by atoms with Crippen molar-refractivity contribution in [3.63, 3.8) is 0 Å². The molecule has 2 rings (SSSR count). The number of hydrogen-bond acceptors (Lipinski definition) is 2. The molecule has 0 heterocycles. The van der Waals surface area contributed by atoms with Gasteiger partial charge in [0, 0.05) is 13.6 Å². The molecule has 0 aromatic heterocycles. The van der Waals surface area contributed by atoms with Gasteiger partial charge in [-0.15, -0.1) is 0 Å². The van der Waals surface area contributed by atoms with Crippen molar-refractivity contribution < 1.29 is 4.74 Å². The van der Waals surface area contributed by atoms with Gasteiger partial charge >= 0.3 is 0 Å². The van der Waals surface area contributed by atoms with E-state index >= 15 is 0 Å². The number of benzene rings is 2. The highest BCUT2D eigenvalue weighted by atomic mass is 32.1. The van der Waals surface area contributed by atoms with Gasteiger partial charge < -0.3 is 15.0 Å². The Bertz CT molecular complexity index is 598. The Morgan fingerprint density at radius 3 is 2.36 bits per heavy atom. The van der Waals surface area contributed by atoms with Crippen LogP contribution in [0, 0.1) is 0 Å². The molecule has 0 saturated heterocycles. The van der Waals surface area contributed by atoms with E-state index < -0.39 is 0 Å². The van der Waals surface area contributed by atoms with Crippen LogP contribution in [0.2, 0.25) is 0 Å². The fourth-order valence-corrected chi connectivity index (χ4v) is 2.41. The highest BCUT2D eigenvalue weighted by Gasteiger charge is 2.13. The van der Waals surface area contributed by atoms with E-state index in [0.29, 0.717) is 6.54 Å². The number of nitrogens with one attached hydrogen (secondary N) is 1. The maximum absolute atomic E-state index is 5.49. The number of thiocarbonyl (C=S) groups is 1. The monoisotopic (exact) mass is 314 g/mol. The zero-order valence-electron chi connectivity index (χ0n) is 13.2. The second kappa shape index (κ2) is 7.80. The summed E-state index contributed by atoms with van der Waals surface area (Å²) in [7, 11) is 3.68. The fraction of sp³-hybridized carbons (Fsp3) is 0.278. The molecule has 4 heteroatoms. The largest absolute Gasteiger partial charge is 0.497 e. The fourth-order valence-electron chi connectivity index (χ4n) is 2.18. The highest BCUT2D eigenvalue weighted by Crippen LogP contribution is 2.18. The molecule has 0 unspecified atom stereocenters. The molecule has 0 aliphatic rings. The van der Waals surface area contributed by atoms with Gasteiger partial charge in [-0.05, 0) is 42.4 Å². The van der Waals surface area contributed by atoms with Crippen LogP contribution >= 0.6 is 12.2 Å². The van der Waals surface area contributed by atoms with E-state index in [0.717, 1.165) is 10.9 Å². The molecule has 1 atom stereocenters. The molecule has 0 bridgehead atoms. The number of hydrogen-bond donors (Lipinski definition) is 1. The number of rotatable bonds is 5. The van der Waals surface area contributed by atoms with Crippen molar-refractivity contribution >= 4 is 17.3 Å². The molecule has 0 spiro atoms. The van der Waals surface area contributed by atoms with Crippen molar-refractivity contribution in [2.24, 2.45) is 0 Å². The van der Waals surface area contributed by atoms with E-state index in [1.807, 2.05) is 49.5 Å². The molecular formula is C18H22N2OS. The maximum Gasteiger partial charge on any atom is 0.169 e. The second-order valence-electron chi connectivity index (χ2n) is 5.20. The third-order valence-corrected chi connectivity index (χ3v) is 4.22. The molecule has 0 saturated carbocycles. The zero-order valence-corrected chi connectivity index (χ0v) is 14.1. The number of nitrogens with zero attached hydrogens (tertiary/aromatic N) is 1. The predicted molar refractivity (Wildman–Crippen MR) is 95.1 cm³/mol. The van der Waals surface area contributed by atoms with E-state index in [-0.39, 0.29) is 6.04 Å². The van der Waals surface area contributed by atoms with Gasteiger partial charge in [0.15, 0.2) is 5.11 Å². The first-order valence-electron chi connectivity index (χ1n) is 7.30. The van der Waals surface area contributed by atoms with Gasteiger partial charge in [0.1, 0.15) is 5.75 Å². The zero-order chi connectivity index (χ0) is 15.9. The van der Waals surface area contributed by atoms with E-state index in [2.05, 4.69) is 29.3 Å². The quantitative estimate of drug-likeness (QED) is 0.849. The van der Waals surface area contributed by atoms with Crippen LogP contribution in [0.15, 0.2) is 54.6 Å². The van der Waals surface area contributed by atoms with Gasteiger partial charge in [-0.25, -0.2) is 0 Å². The van der Waals surface area contributed by atoms with Crippen molar-refractivity contribution in [1.82, 2.24) is 10.2 Å². The van der Waals surface area contributed by atoms with Gasteiger partial charge in [-0.2, -0.15) is 0 Å². The van der Waals surface area contributed by atoms with Crippen LogP contribution in [0.3, 0.4) is 0 Å². The SMILES string of the molecule is COc1ccc(CNC(=S)N(C)[C@@H](C)c2ccccc2)cc1. The Kier molecular flexibility index (Phi) is 5.78. The van der Waals surface area contributed by atoms with Gasteiger partial charge in [-0.1, -0.05) is 42.5 Å². The van der Waals surface area contributed by atoms with Gasteiger partial charge in [-0.3, -0.25) is 0 Å². The summed E-state index contributed by atoms with van der Waals surface area (Å²) in [6.07, 6.45) is 0. The average molecular weight is 314 g/mol. The van der Waals surface area contributed by atoms with Crippen molar-refractivity contribution in [2.45, 2.75) is 19.5 Å². The summed E-state index contributed by atoms with van der Waals surface area (Å²) in [5.41, 5.74) is 2.42. The highest BCUT2D eigenvalue weighted by molar-refractivity contribution is 7.80. The molecule has 0 fully saturated rings. The first-order chi connectivity index (χ1) is 10.6. The lowest BCUT2D eigenvalue weighted by molar-refractivity contribution is 0.395. The molecule has 2 aromatic rings. The van der Waals surface area contributed by atoms with E-state index in [1.165, 1.54) is 11.1 Å². The summed E-state index contributed by atoms with van der Waals surface area (Å²) in [6.45, 7) is 2.85. The summed E-state index contributed by atoms with van der Waals surface area (Å²) >= 11 is 5.49. The standard InChI is InChI=1S/C18H22N2OS/c1-14(16-7-5-4-6-8-16)20(2)18(22)19-13-15-9-11-17(21-3)12-10-15/h4-12,14H,13H2,1-3H3,(H,19,22)/t14-/m0/s1. The van der Waals surface area contributed by atoms with Gasteiger partial charge in [0.05, 0.1) is 13.2 Å². The predicted octanol–water partition coefficient (Wildman–Crippen LogP) is 3.76. The van der Waals surface area contributed by atoms with Crippen LogP contribution in [0.5, 0.6) is 5.75 Å². The normalized spacial score (nSPS) is 11.6. The van der Waals surface area contributed by atoms with Crippen LogP contribution in [-0.2, 0) is 6.54 Å². The Hall–Kier alpha value is -2.07. The van der Waals surface area contributed by atoms with Gasteiger partial charge in [0.25, 0.3) is 0 Å². The summed E-state index contributed by atoms with van der Waals surface area (Å²) in [4.78, 5) is 2.08. The molecule has 116 valence electrons. The molecule has 3 nitrogen and oxygen atoms in total. The molecule has 1 N–H and O–H groups in total. The van der Waals surface area contributed by atoms with Crippen molar-refractivity contribution in [3.05, 3.63) is 65.7 Å². The summed E-state index contributed by atoms with van der Waals surface area (Å²) < 4.78 is 5.16. The molecule has 22 heavy (non-hydrogen) atoms. The molecule has 2 aromatic carbocycles. The molecule has 0 amide bonds. The van der Waals surface area contributed by atoms with Crippen LogP contribution in [0.4, 0.5) is 0 Å². The molecular weight excluding hydrogens is 292 g/mol. The Balaban J connectivity index is 1.90. The first-order valence-corrected chi connectivity index (χ1v) is 7.71. The molecule has 0 radical (unpaired) electrons. The Morgan fingerprint density at radius 1 is 1.14 bits per heavy atom. The summed E-state index contributed by atoms with van der Waals surface area (Å²) in [6, 6.07) is 18.6. The maximum atomic E-state index is 5.49. The van der Waals surface area contributed by atoms with Crippen LogP contribution in [-0.4, -0.2) is 24.2 Å². The second-order valence-corrected chi connectivity index (χ2v) is 5.59. The summed E-state index contributed by atoms with van der Waals surface area (Å²) in [5, 5.41) is 4.05. The lowest BCUT2D eigenvalue weighted by Crippen LogP contribution is -2.38. The minimum Gasteiger partial charge on any atom is -0.497 e. The van der Waals surface area contributed by atoms with E-state index in [9.17, 15) is 0 Å². The number of methoxy groups -OCH3 is 1. The number of ether oxygens (including phenoxy) is 1. The molecule has 0 aliphatic carbocycles. The average Bonchev–Trinajstić information content (AvgIpc) is 2.59.